The molecule has 7 heteroatoms. The highest BCUT2D eigenvalue weighted by Gasteiger charge is 2.25. The third-order valence-electron chi connectivity index (χ3n) is 2.86. The third kappa shape index (κ3) is 8.88. The van der Waals surface area contributed by atoms with E-state index in [-0.39, 0.29) is 30.9 Å². The second kappa shape index (κ2) is 8.49. The molecule has 0 bridgehead atoms. The zero-order valence-electron chi connectivity index (χ0n) is 13.5. The Hall–Kier alpha value is -1.79. The standard InChI is InChI=1S/C14H27N3O4/c1-6-17(9-11(18)15-10(2)3)13(21)16-14(4,5)8-7-12(19)20/h10H,6-9H2,1-5H3,(H,15,18)(H,16,21)(H,19,20). The number of hydrogen-bond donors (Lipinski definition) is 3. The molecule has 0 radical (unpaired) electrons. The Kier molecular flexibility index (Phi) is 7.76. The molecule has 0 rings (SSSR count). The lowest BCUT2D eigenvalue weighted by molar-refractivity contribution is -0.137. The van der Waals surface area contributed by atoms with Gasteiger partial charge in [-0.1, -0.05) is 0 Å². The van der Waals surface area contributed by atoms with Crippen LogP contribution in [0.1, 0.15) is 47.5 Å². The number of carboxylic acid groups (broad SMARTS) is 1. The average Bonchev–Trinajstić information content (AvgIpc) is 2.32. The van der Waals surface area contributed by atoms with Crippen LogP contribution in [0.2, 0.25) is 0 Å². The molecule has 3 amide bonds. The van der Waals surface area contributed by atoms with Gasteiger partial charge in [0.05, 0.1) is 0 Å². The summed E-state index contributed by atoms with van der Waals surface area (Å²) in [6.45, 7) is 9.38. The molecule has 0 aliphatic carbocycles. The van der Waals surface area contributed by atoms with E-state index in [1.165, 1.54) is 4.90 Å². The van der Waals surface area contributed by atoms with Gasteiger partial charge < -0.3 is 20.6 Å². The number of carbonyl (C=O) groups excluding carboxylic acids is 2. The van der Waals surface area contributed by atoms with Crippen LogP contribution in [0, 0.1) is 0 Å². The van der Waals surface area contributed by atoms with Gasteiger partial charge in [-0.15, -0.1) is 0 Å². The Morgan fingerprint density at radius 1 is 1.24 bits per heavy atom. The molecule has 0 atom stereocenters. The molecule has 122 valence electrons. The zero-order chi connectivity index (χ0) is 16.6. The van der Waals surface area contributed by atoms with Crippen molar-refractivity contribution in [2.45, 2.75) is 59.0 Å². The summed E-state index contributed by atoms with van der Waals surface area (Å²) in [5, 5.41) is 14.2. The summed E-state index contributed by atoms with van der Waals surface area (Å²) in [5.41, 5.74) is -0.641. The van der Waals surface area contributed by atoms with E-state index in [0.717, 1.165) is 0 Å². The van der Waals surface area contributed by atoms with Crippen LogP contribution in [0.5, 0.6) is 0 Å². The fourth-order valence-corrected chi connectivity index (χ4v) is 1.72. The molecule has 3 N–H and O–H groups in total. The van der Waals surface area contributed by atoms with Crippen molar-refractivity contribution in [1.29, 1.82) is 0 Å². The molecule has 0 fully saturated rings. The van der Waals surface area contributed by atoms with Gasteiger partial charge in [-0.25, -0.2) is 4.79 Å². The first-order valence-electron chi connectivity index (χ1n) is 7.15. The highest BCUT2D eigenvalue weighted by Crippen LogP contribution is 2.11. The largest absolute Gasteiger partial charge is 0.481 e. The fraction of sp³-hybridized carbons (Fsp3) is 0.786. The van der Waals surface area contributed by atoms with Crippen molar-refractivity contribution in [1.82, 2.24) is 15.5 Å². The van der Waals surface area contributed by atoms with Crippen LogP contribution in [0.15, 0.2) is 0 Å². The summed E-state index contributed by atoms with van der Waals surface area (Å²) in [6, 6.07) is -0.349. The van der Waals surface area contributed by atoms with Gasteiger partial charge in [-0.2, -0.15) is 0 Å². The van der Waals surface area contributed by atoms with Crippen LogP contribution in [0.4, 0.5) is 4.79 Å². The average molecular weight is 301 g/mol. The van der Waals surface area contributed by atoms with E-state index in [0.29, 0.717) is 13.0 Å². The van der Waals surface area contributed by atoms with Crippen LogP contribution in [-0.2, 0) is 9.59 Å². The quantitative estimate of drug-likeness (QED) is 0.627. The number of nitrogens with zero attached hydrogens (tertiary/aromatic N) is 1. The third-order valence-corrected chi connectivity index (χ3v) is 2.86. The van der Waals surface area contributed by atoms with Crippen molar-refractivity contribution < 1.29 is 19.5 Å². The summed E-state index contributed by atoms with van der Waals surface area (Å²) >= 11 is 0. The van der Waals surface area contributed by atoms with Gasteiger partial charge in [0.25, 0.3) is 0 Å². The molecule has 0 unspecified atom stereocenters. The van der Waals surface area contributed by atoms with E-state index in [9.17, 15) is 14.4 Å². The second-order valence-corrected chi connectivity index (χ2v) is 5.94. The Bertz CT molecular complexity index is 380. The number of carboxylic acids is 1. The molecule has 0 spiro atoms. The smallest absolute Gasteiger partial charge is 0.318 e. The molecule has 0 saturated carbocycles. The van der Waals surface area contributed by atoms with Crippen molar-refractivity contribution in [3.8, 4) is 0 Å². The molecule has 0 aliphatic heterocycles. The van der Waals surface area contributed by atoms with Crippen molar-refractivity contribution in [3.63, 3.8) is 0 Å². The van der Waals surface area contributed by atoms with E-state index in [1.54, 1.807) is 20.8 Å². The van der Waals surface area contributed by atoms with Crippen molar-refractivity contribution in [3.05, 3.63) is 0 Å². The molecule has 0 aromatic heterocycles. The van der Waals surface area contributed by atoms with Crippen LogP contribution in [0.25, 0.3) is 0 Å². The molecule has 21 heavy (non-hydrogen) atoms. The topological polar surface area (TPSA) is 98.7 Å². The van der Waals surface area contributed by atoms with E-state index < -0.39 is 11.5 Å². The van der Waals surface area contributed by atoms with Crippen molar-refractivity contribution >= 4 is 17.9 Å². The lowest BCUT2D eigenvalue weighted by atomic mass is 9.99. The number of nitrogens with one attached hydrogen (secondary N) is 2. The summed E-state index contributed by atoms with van der Waals surface area (Å²) in [5.74, 6) is -1.12. The maximum Gasteiger partial charge on any atom is 0.318 e. The van der Waals surface area contributed by atoms with E-state index in [2.05, 4.69) is 10.6 Å². The Morgan fingerprint density at radius 3 is 2.24 bits per heavy atom. The minimum Gasteiger partial charge on any atom is -0.481 e. The van der Waals surface area contributed by atoms with Gasteiger partial charge in [0.2, 0.25) is 5.91 Å². The lowest BCUT2D eigenvalue weighted by Gasteiger charge is -2.30. The molecular weight excluding hydrogens is 274 g/mol. The summed E-state index contributed by atoms with van der Waals surface area (Å²) < 4.78 is 0. The van der Waals surface area contributed by atoms with Crippen molar-refractivity contribution in [2.24, 2.45) is 0 Å². The summed E-state index contributed by atoms with van der Waals surface area (Å²) in [6.07, 6.45) is 0.303. The van der Waals surface area contributed by atoms with Gasteiger partial charge >= 0.3 is 12.0 Å². The molecule has 0 aromatic rings. The van der Waals surface area contributed by atoms with Gasteiger partial charge in [-0.05, 0) is 41.0 Å². The van der Waals surface area contributed by atoms with Gasteiger partial charge in [0.1, 0.15) is 6.54 Å². The van der Waals surface area contributed by atoms with E-state index in [1.807, 2.05) is 13.8 Å². The molecule has 7 nitrogen and oxygen atoms in total. The fourth-order valence-electron chi connectivity index (χ4n) is 1.72. The molecule has 0 saturated heterocycles. The van der Waals surface area contributed by atoms with Gasteiger partial charge in [0, 0.05) is 24.5 Å². The first-order chi connectivity index (χ1) is 9.57. The Labute approximate surface area is 126 Å². The number of aliphatic carboxylic acids is 1. The first kappa shape index (κ1) is 19.2. The van der Waals surface area contributed by atoms with Crippen LogP contribution in [0.3, 0.4) is 0 Å². The maximum atomic E-state index is 12.1. The zero-order valence-corrected chi connectivity index (χ0v) is 13.5. The molecule has 0 heterocycles. The first-order valence-corrected chi connectivity index (χ1v) is 7.15. The normalized spacial score (nSPS) is 11.1. The predicted molar refractivity (Wildman–Crippen MR) is 80.0 cm³/mol. The van der Waals surface area contributed by atoms with Gasteiger partial charge in [0.15, 0.2) is 0 Å². The maximum absolute atomic E-state index is 12.1. The number of amides is 3. The number of likely N-dealkylation sites (N-methyl/N-ethyl adjacent to an activating group) is 1. The van der Waals surface area contributed by atoms with Crippen LogP contribution >= 0.6 is 0 Å². The molecule has 0 aliphatic rings. The summed E-state index contributed by atoms with van der Waals surface area (Å²) in [7, 11) is 0. The number of hydrogen-bond acceptors (Lipinski definition) is 3. The molecule has 0 aromatic carbocycles. The second-order valence-electron chi connectivity index (χ2n) is 5.94. The lowest BCUT2D eigenvalue weighted by Crippen LogP contribution is -2.52. The minimum absolute atomic E-state index is 0.0183. The van der Waals surface area contributed by atoms with E-state index >= 15 is 0 Å². The number of rotatable bonds is 8. The molecular formula is C14H27N3O4. The van der Waals surface area contributed by atoms with Crippen LogP contribution < -0.4 is 10.6 Å². The predicted octanol–water partition coefficient (Wildman–Crippen LogP) is 1.19. The SMILES string of the molecule is CCN(CC(=O)NC(C)C)C(=O)NC(C)(C)CCC(=O)O. The number of urea groups is 1. The summed E-state index contributed by atoms with van der Waals surface area (Å²) in [4.78, 5) is 35.8. The Balaban J connectivity index is 4.50. The Morgan fingerprint density at radius 2 is 1.81 bits per heavy atom. The highest BCUT2D eigenvalue weighted by molar-refractivity contribution is 5.84. The van der Waals surface area contributed by atoms with Crippen molar-refractivity contribution in [2.75, 3.05) is 13.1 Å². The monoisotopic (exact) mass is 301 g/mol. The van der Waals surface area contributed by atoms with E-state index in [4.69, 9.17) is 5.11 Å². The van der Waals surface area contributed by atoms with Crippen LogP contribution in [-0.4, -0.2) is 52.6 Å². The number of carbonyl (C=O) groups is 3. The highest BCUT2D eigenvalue weighted by atomic mass is 16.4. The van der Waals surface area contributed by atoms with Gasteiger partial charge in [-0.3, -0.25) is 9.59 Å². The minimum atomic E-state index is -0.902.